The second kappa shape index (κ2) is 10.6. The SMILES string of the molecule is CC1(S(=O)(=O)NC(=O)c2cc(N3CCC(N4CCOCC4)CC3)c3c(C4CCC4)nn(-c4ccc(F)cc4)c3n2)CC1. The predicted octanol–water partition coefficient (Wildman–Crippen LogP) is 3.74. The Morgan fingerprint density at radius 1 is 1.05 bits per heavy atom. The Kier molecular flexibility index (Phi) is 6.98. The molecule has 12 heteroatoms. The second-order valence-electron chi connectivity index (χ2n) is 12.4. The molecule has 2 saturated carbocycles. The zero-order valence-electron chi connectivity index (χ0n) is 23.9. The summed E-state index contributed by atoms with van der Waals surface area (Å²) in [7, 11) is -3.85. The quantitative estimate of drug-likeness (QED) is 0.440. The number of rotatable bonds is 7. The summed E-state index contributed by atoms with van der Waals surface area (Å²) in [4.78, 5) is 23.1. The molecule has 224 valence electrons. The van der Waals surface area contributed by atoms with Gasteiger partial charge in [0.25, 0.3) is 5.91 Å². The standard InChI is InChI=1S/C30H37FN6O4S/c1-30(11-12-30)42(39,40)34-29(38)24-19-25(36-13-9-22(10-14-36)35-15-17-41-18-16-35)26-27(20-3-2-4-20)33-37(28(26)32-24)23-7-5-21(31)6-8-23/h5-8,19-20,22H,2-4,9-18H2,1H3,(H,34,38). The van der Waals surface area contributed by atoms with Crippen LogP contribution < -0.4 is 9.62 Å². The molecule has 10 nitrogen and oxygen atoms in total. The molecule has 4 aliphatic rings. The Morgan fingerprint density at radius 2 is 1.74 bits per heavy atom. The average molecular weight is 597 g/mol. The third-order valence-corrected chi connectivity index (χ3v) is 11.8. The van der Waals surface area contributed by atoms with E-state index >= 15 is 0 Å². The molecule has 2 saturated heterocycles. The Morgan fingerprint density at radius 3 is 2.36 bits per heavy atom. The number of nitrogens with one attached hydrogen (secondary N) is 1. The lowest BCUT2D eigenvalue weighted by molar-refractivity contribution is 0.0115. The summed E-state index contributed by atoms with van der Waals surface area (Å²) >= 11 is 0. The highest BCUT2D eigenvalue weighted by Gasteiger charge is 2.51. The van der Waals surface area contributed by atoms with Crippen LogP contribution in [0.3, 0.4) is 0 Å². The minimum absolute atomic E-state index is 0.0315. The number of piperidine rings is 1. The lowest BCUT2D eigenvalue weighted by atomic mass is 9.82. The second-order valence-corrected chi connectivity index (χ2v) is 14.6. The van der Waals surface area contributed by atoms with E-state index in [1.54, 1.807) is 29.8 Å². The maximum absolute atomic E-state index is 13.8. The fourth-order valence-electron chi connectivity index (χ4n) is 6.37. The molecule has 1 N–H and O–H groups in total. The van der Waals surface area contributed by atoms with E-state index in [0.29, 0.717) is 30.2 Å². The van der Waals surface area contributed by atoms with Crippen molar-refractivity contribution in [2.75, 3.05) is 44.3 Å². The molecule has 4 fully saturated rings. The van der Waals surface area contributed by atoms with Gasteiger partial charge in [-0.15, -0.1) is 0 Å². The van der Waals surface area contributed by atoms with Crippen molar-refractivity contribution in [2.45, 2.75) is 68.6 Å². The van der Waals surface area contributed by atoms with Gasteiger partial charge in [0, 0.05) is 38.1 Å². The number of halogens is 1. The number of pyridine rings is 1. The summed E-state index contributed by atoms with van der Waals surface area (Å²) < 4.78 is 48.4. The number of ether oxygens (including phenoxy) is 1. The third kappa shape index (κ3) is 4.97. The topological polar surface area (TPSA) is 110 Å². The average Bonchev–Trinajstić information content (AvgIpc) is 3.64. The molecule has 0 atom stereocenters. The number of hydrogen-bond donors (Lipinski definition) is 1. The van der Waals surface area contributed by atoms with Crippen molar-refractivity contribution in [3.05, 3.63) is 47.5 Å². The maximum Gasteiger partial charge on any atom is 0.283 e. The van der Waals surface area contributed by atoms with Gasteiger partial charge in [-0.25, -0.2) is 27.2 Å². The number of benzene rings is 1. The minimum Gasteiger partial charge on any atom is -0.379 e. The number of nitrogens with zero attached hydrogens (tertiary/aromatic N) is 5. The first-order chi connectivity index (χ1) is 20.2. The predicted molar refractivity (Wildman–Crippen MR) is 157 cm³/mol. The highest BCUT2D eigenvalue weighted by Crippen LogP contribution is 2.44. The van der Waals surface area contributed by atoms with Gasteiger partial charge in [0.05, 0.1) is 40.4 Å². The van der Waals surface area contributed by atoms with Crippen molar-refractivity contribution in [1.82, 2.24) is 24.4 Å². The zero-order valence-corrected chi connectivity index (χ0v) is 24.7. The molecule has 0 spiro atoms. The molecular formula is C30H37FN6O4S. The zero-order chi connectivity index (χ0) is 29.1. The third-order valence-electron chi connectivity index (χ3n) is 9.64. The molecular weight excluding hydrogens is 559 g/mol. The molecule has 0 radical (unpaired) electrons. The van der Waals surface area contributed by atoms with Crippen LogP contribution in [0.1, 0.15) is 74.0 Å². The van der Waals surface area contributed by atoms with E-state index in [4.69, 9.17) is 14.8 Å². The van der Waals surface area contributed by atoms with Crippen molar-refractivity contribution in [1.29, 1.82) is 0 Å². The maximum atomic E-state index is 13.8. The van der Waals surface area contributed by atoms with Crippen LogP contribution in [0.5, 0.6) is 0 Å². The van der Waals surface area contributed by atoms with Gasteiger partial charge >= 0.3 is 0 Å². The van der Waals surface area contributed by atoms with E-state index < -0.39 is 20.7 Å². The van der Waals surface area contributed by atoms with Gasteiger partial charge in [0.1, 0.15) is 11.5 Å². The van der Waals surface area contributed by atoms with E-state index in [2.05, 4.69) is 14.5 Å². The fourth-order valence-corrected chi connectivity index (χ4v) is 7.61. The Balaban J connectivity index is 1.31. The molecule has 4 heterocycles. The molecule has 0 bridgehead atoms. The number of carbonyl (C=O) groups is 1. The summed E-state index contributed by atoms with van der Waals surface area (Å²) in [6.45, 7) is 6.65. The van der Waals surface area contributed by atoms with Crippen LogP contribution in [0.25, 0.3) is 16.7 Å². The van der Waals surface area contributed by atoms with E-state index in [9.17, 15) is 17.6 Å². The van der Waals surface area contributed by atoms with Crippen LogP contribution in [0.15, 0.2) is 30.3 Å². The van der Waals surface area contributed by atoms with Gasteiger partial charge < -0.3 is 9.64 Å². The molecule has 0 unspecified atom stereocenters. The van der Waals surface area contributed by atoms with Gasteiger partial charge in [-0.1, -0.05) is 6.42 Å². The van der Waals surface area contributed by atoms with Crippen LogP contribution in [-0.4, -0.2) is 84.2 Å². The van der Waals surface area contributed by atoms with Crippen LogP contribution >= 0.6 is 0 Å². The molecule has 1 aromatic carbocycles. The lowest BCUT2D eigenvalue weighted by Gasteiger charge is -2.41. The molecule has 3 aromatic rings. The number of anilines is 1. The van der Waals surface area contributed by atoms with E-state index in [-0.39, 0.29) is 17.4 Å². The van der Waals surface area contributed by atoms with Crippen LogP contribution in [-0.2, 0) is 14.8 Å². The minimum atomic E-state index is -3.85. The van der Waals surface area contributed by atoms with Crippen LogP contribution in [0.2, 0.25) is 0 Å². The summed E-state index contributed by atoms with van der Waals surface area (Å²) in [5.41, 5.74) is 2.94. The van der Waals surface area contributed by atoms with Gasteiger partial charge in [-0.3, -0.25) is 9.69 Å². The van der Waals surface area contributed by atoms with Crippen molar-refractivity contribution in [3.63, 3.8) is 0 Å². The highest BCUT2D eigenvalue weighted by molar-refractivity contribution is 7.91. The summed E-state index contributed by atoms with van der Waals surface area (Å²) in [5.74, 6) is -0.827. The Labute approximate surface area is 245 Å². The summed E-state index contributed by atoms with van der Waals surface area (Å²) in [6.07, 6.45) is 6.16. The molecule has 2 aliphatic heterocycles. The lowest BCUT2D eigenvalue weighted by Crippen LogP contribution is -2.49. The smallest absolute Gasteiger partial charge is 0.283 e. The van der Waals surface area contributed by atoms with Crippen molar-refractivity contribution in [3.8, 4) is 5.69 Å². The number of aromatic nitrogens is 3. The number of fused-ring (bicyclic) bond motifs is 1. The summed E-state index contributed by atoms with van der Waals surface area (Å²) in [5, 5.41) is 5.90. The molecule has 7 rings (SSSR count). The number of amides is 1. The first-order valence-electron chi connectivity index (χ1n) is 15.1. The number of morpholine rings is 1. The Bertz CT molecular complexity index is 1600. The van der Waals surface area contributed by atoms with Crippen molar-refractivity contribution in [2.24, 2.45) is 0 Å². The van der Waals surface area contributed by atoms with Gasteiger partial charge in [0.2, 0.25) is 10.0 Å². The largest absolute Gasteiger partial charge is 0.379 e. The number of hydrogen-bond acceptors (Lipinski definition) is 8. The van der Waals surface area contributed by atoms with Crippen LogP contribution in [0.4, 0.5) is 10.1 Å². The molecule has 2 aromatic heterocycles. The van der Waals surface area contributed by atoms with Crippen molar-refractivity contribution >= 4 is 32.7 Å². The summed E-state index contributed by atoms with van der Waals surface area (Å²) in [6, 6.07) is 8.27. The van der Waals surface area contributed by atoms with Gasteiger partial charge in [-0.2, -0.15) is 5.10 Å². The van der Waals surface area contributed by atoms with E-state index in [0.717, 1.165) is 88.3 Å². The molecule has 42 heavy (non-hydrogen) atoms. The molecule has 2 aliphatic carbocycles. The monoisotopic (exact) mass is 596 g/mol. The normalized spacial score (nSPS) is 21.8. The fraction of sp³-hybridized carbons (Fsp3) is 0.567. The first kappa shape index (κ1) is 27.7. The number of sulfonamides is 1. The van der Waals surface area contributed by atoms with E-state index in [1.807, 2.05) is 0 Å². The Hall–Kier alpha value is -3.09. The van der Waals surface area contributed by atoms with Gasteiger partial charge in [-0.05, 0) is 75.8 Å². The molecule has 1 amide bonds. The van der Waals surface area contributed by atoms with Crippen LogP contribution in [0, 0.1) is 5.82 Å². The van der Waals surface area contributed by atoms with Gasteiger partial charge in [0.15, 0.2) is 5.65 Å². The van der Waals surface area contributed by atoms with Crippen molar-refractivity contribution < 1.29 is 22.3 Å². The number of carbonyl (C=O) groups excluding carboxylic acids is 1. The highest BCUT2D eigenvalue weighted by atomic mass is 32.2. The van der Waals surface area contributed by atoms with E-state index in [1.165, 1.54) is 12.1 Å². The first-order valence-corrected chi connectivity index (χ1v) is 16.5.